The van der Waals surface area contributed by atoms with Crippen molar-refractivity contribution in [1.82, 2.24) is 9.21 Å². The van der Waals surface area contributed by atoms with E-state index in [1.54, 1.807) is 18.2 Å². The molecule has 2 aromatic carbocycles. The molecule has 33 heavy (non-hydrogen) atoms. The molecule has 0 saturated carbocycles. The van der Waals surface area contributed by atoms with E-state index >= 15 is 0 Å². The van der Waals surface area contributed by atoms with Crippen molar-refractivity contribution in [2.75, 3.05) is 51.3 Å². The lowest BCUT2D eigenvalue weighted by Gasteiger charge is -2.31. The van der Waals surface area contributed by atoms with Crippen LogP contribution in [0.2, 0.25) is 0 Å². The zero-order valence-corrected chi connectivity index (χ0v) is 20.0. The molecule has 0 unspecified atom stereocenters. The van der Waals surface area contributed by atoms with Gasteiger partial charge >= 0.3 is 0 Å². The molecule has 2 fully saturated rings. The van der Waals surface area contributed by atoms with E-state index in [0.29, 0.717) is 44.5 Å². The molecule has 1 N–H and O–H groups in total. The molecule has 2 aliphatic heterocycles. The van der Waals surface area contributed by atoms with Crippen LogP contribution in [0.3, 0.4) is 0 Å². The number of rotatable bonds is 7. The molecule has 2 aliphatic rings. The van der Waals surface area contributed by atoms with Crippen LogP contribution in [0.5, 0.6) is 0 Å². The van der Waals surface area contributed by atoms with Gasteiger partial charge in [0.2, 0.25) is 15.9 Å². The molecule has 2 aromatic rings. The molecule has 178 valence electrons. The largest absolute Gasteiger partial charge is 0.379 e. The number of anilines is 1. The van der Waals surface area contributed by atoms with E-state index < -0.39 is 10.0 Å². The fraction of sp³-hybridized carbons (Fsp3) is 0.480. The lowest BCUT2D eigenvalue weighted by molar-refractivity contribution is -0.117. The molecule has 4 rings (SSSR count). The predicted molar refractivity (Wildman–Crippen MR) is 129 cm³/mol. The minimum absolute atomic E-state index is 0.111. The van der Waals surface area contributed by atoms with Crippen LogP contribution in [0.15, 0.2) is 53.4 Å². The van der Waals surface area contributed by atoms with E-state index in [2.05, 4.69) is 34.5 Å². The SMILES string of the molecule is Cc1ccc(S(=O)(=O)N2CCOCC2)cc1NC(=O)CN1CCC(Cc2ccccc2)CC1. The number of sulfonamides is 1. The van der Waals surface area contributed by atoms with Crippen LogP contribution >= 0.6 is 0 Å². The number of morpholine rings is 1. The maximum atomic E-state index is 13.0. The molecule has 0 aliphatic carbocycles. The van der Waals surface area contributed by atoms with Gasteiger partial charge in [-0.15, -0.1) is 0 Å². The lowest BCUT2D eigenvalue weighted by Crippen LogP contribution is -2.40. The first kappa shape index (κ1) is 23.9. The van der Waals surface area contributed by atoms with Crippen molar-refractivity contribution in [2.24, 2.45) is 5.92 Å². The first-order valence-electron chi connectivity index (χ1n) is 11.7. The summed E-state index contributed by atoms with van der Waals surface area (Å²) in [7, 11) is -3.60. The van der Waals surface area contributed by atoms with Crippen molar-refractivity contribution in [3.63, 3.8) is 0 Å². The van der Waals surface area contributed by atoms with E-state index in [1.165, 1.54) is 9.87 Å². The van der Waals surface area contributed by atoms with Gasteiger partial charge in [-0.05, 0) is 68.5 Å². The Morgan fingerprint density at radius 1 is 1.03 bits per heavy atom. The van der Waals surface area contributed by atoms with E-state index in [1.807, 2.05) is 13.0 Å². The number of hydrogen-bond donors (Lipinski definition) is 1. The number of likely N-dealkylation sites (tertiary alicyclic amines) is 1. The normalized spacial score (nSPS) is 18.8. The fourth-order valence-electron chi connectivity index (χ4n) is 4.52. The molecule has 0 aromatic heterocycles. The van der Waals surface area contributed by atoms with Gasteiger partial charge in [0.25, 0.3) is 0 Å². The van der Waals surface area contributed by atoms with Gasteiger partial charge in [0, 0.05) is 18.8 Å². The Kier molecular flexibility index (Phi) is 7.80. The molecule has 0 spiro atoms. The summed E-state index contributed by atoms with van der Waals surface area (Å²) in [5.74, 6) is 0.538. The Labute approximate surface area is 196 Å². The number of aryl methyl sites for hydroxylation is 1. The van der Waals surface area contributed by atoms with Gasteiger partial charge in [0.15, 0.2) is 0 Å². The van der Waals surface area contributed by atoms with Gasteiger partial charge in [-0.2, -0.15) is 4.31 Å². The minimum atomic E-state index is -3.60. The van der Waals surface area contributed by atoms with Crippen LogP contribution in [-0.2, 0) is 26.0 Å². The highest BCUT2D eigenvalue weighted by atomic mass is 32.2. The number of carbonyl (C=O) groups excluding carboxylic acids is 1. The summed E-state index contributed by atoms with van der Waals surface area (Å²) in [6.45, 7) is 5.47. The number of piperidine rings is 1. The first-order valence-corrected chi connectivity index (χ1v) is 13.1. The monoisotopic (exact) mass is 471 g/mol. The second kappa shape index (κ2) is 10.8. The van der Waals surface area contributed by atoms with Crippen LogP contribution in [-0.4, -0.2) is 69.5 Å². The van der Waals surface area contributed by atoms with Gasteiger partial charge in [-0.3, -0.25) is 9.69 Å². The number of nitrogens with zero attached hydrogens (tertiary/aromatic N) is 2. The Bertz CT molecular complexity index is 1040. The number of hydrogen-bond acceptors (Lipinski definition) is 5. The van der Waals surface area contributed by atoms with Crippen LogP contribution in [0.4, 0.5) is 5.69 Å². The summed E-state index contributed by atoms with van der Waals surface area (Å²) in [5, 5.41) is 2.94. The first-order chi connectivity index (χ1) is 15.9. The molecule has 0 atom stereocenters. The van der Waals surface area contributed by atoms with Crippen LogP contribution < -0.4 is 5.32 Å². The molecule has 2 heterocycles. The average molecular weight is 472 g/mol. The summed E-state index contributed by atoms with van der Waals surface area (Å²) >= 11 is 0. The second-order valence-electron chi connectivity index (χ2n) is 8.95. The van der Waals surface area contributed by atoms with Gasteiger partial charge < -0.3 is 10.1 Å². The van der Waals surface area contributed by atoms with E-state index in [4.69, 9.17) is 4.74 Å². The maximum Gasteiger partial charge on any atom is 0.243 e. The number of carbonyl (C=O) groups is 1. The Hall–Kier alpha value is -2.26. The van der Waals surface area contributed by atoms with Crippen LogP contribution in [0.25, 0.3) is 0 Å². The van der Waals surface area contributed by atoms with Crippen molar-refractivity contribution < 1.29 is 17.9 Å². The lowest BCUT2D eigenvalue weighted by atomic mass is 9.90. The summed E-state index contributed by atoms with van der Waals surface area (Å²) in [5.41, 5.74) is 2.76. The predicted octanol–water partition coefficient (Wildman–Crippen LogP) is 2.91. The third-order valence-corrected chi connectivity index (χ3v) is 8.43. The van der Waals surface area contributed by atoms with Gasteiger partial charge in [-0.1, -0.05) is 36.4 Å². The van der Waals surface area contributed by atoms with E-state index in [-0.39, 0.29) is 10.8 Å². The topological polar surface area (TPSA) is 79.0 Å². The quantitative estimate of drug-likeness (QED) is 0.672. The van der Waals surface area contributed by atoms with Gasteiger partial charge in [0.05, 0.1) is 24.7 Å². The average Bonchev–Trinajstić information content (AvgIpc) is 2.83. The zero-order valence-electron chi connectivity index (χ0n) is 19.2. The molecule has 0 radical (unpaired) electrons. The van der Waals surface area contributed by atoms with E-state index in [9.17, 15) is 13.2 Å². The number of ether oxygens (including phenoxy) is 1. The minimum Gasteiger partial charge on any atom is -0.379 e. The molecule has 1 amide bonds. The summed E-state index contributed by atoms with van der Waals surface area (Å²) in [6.07, 6.45) is 3.24. The Balaban J connectivity index is 1.32. The van der Waals surface area contributed by atoms with Crippen molar-refractivity contribution in [2.45, 2.75) is 31.1 Å². The highest BCUT2D eigenvalue weighted by molar-refractivity contribution is 7.89. The third-order valence-electron chi connectivity index (χ3n) is 6.53. The Morgan fingerprint density at radius 2 is 1.73 bits per heavy atom. The van der Waals surface area contributed by atoms with Crippen molar-refractivity contribution in [1.29, 1.82) is 0 Å². The van der Waals surface area contributed by atoms with Crippen molar-refractivity contribution in [3.8, 4) is 0 Å². The fourth-order valence-corrected chi connectivity index (χ4v) is 5.96. The molecule has 7 nitrogen and oxygen atoms in total. The molecule has 0 bridgehead atoms. The van der Waals surface area contributed by atoms with Crippen LogP contribution in [0, 0.1) is 12.8 Å². The molecule has 8 heteroatoms. The highest BCUT2D eigenvalue weighted by Crippen LogP contribution is 2.25. The molecular formula is C25H33N3O4S. The molecular weight excluding hydrogens is 438 g/mol. The third kappa shape index (κ3) is 6.20. The van der Waals surface area contributed by atoms with Crippen LogP contribution in [0.1, 0.15) is 24.0 Å². The van der Waals surface area contributed by atoms with Gasteiger partial charge in [-0.25, -0.2) is 8.42 Å². The Morgan fingerprint density at radius 3 is 2.42 bits per heavy atom. The molecule has 2 saturated heterocycles. The summed E-state index contributed by atoms with van der Waals surface area (Å²) < 4.78 is 32.6. The smallest absolute Gasteiger partial charge is 0.243 e. The standard InChI is InChI=1S/C25H33N3O4S/c1-20-7-8-23(33(30,31)28-13-15-32-16-14-28)18-24(20)26-25(29)19-27-11-9-22(10-12-27)17-21-5-3-2-4-6-21/h2-8,18,22H,9-17,19H2,1H3,(H,26,29). The van der Waals surface area contributed by atoms with E-state index in [0.717, 1.165) is 37.9 Å². The number of amides is 1. The number of benzene rings is 2. The number of nitrogens with one attached hydrogen (secondary N) is 1. The zero-order chi connectivity index (χ0) is 23.3. The summed E-state index contributed by atoms with van der Waals surface area (Å²) in [6, 6.07) is 15.5. The summed E-state index contributed by atoms with van der Waals surface area (Å²) in [4.78, 5) is 15.1. The van der Waals surface area contributed by atoms with Crippen molar-refractivity contribution in [3.05, 3.63) is 59.7 Å². The van der Waals surface area contributed by atoms with Gasteiger partial charge in [0.1, 0.15) is 0 Å². The highest BCUT2D eigenvalue weighted by Gasteiger charge is 2.27. The second-order valence-corrected chi connectivity index (χ2v) is 10.9. The maximum absolute atomic E-state index is 13.0. The van der Waals surface area contributed by atoms with Crippen molar-refractivity contribution >= 4 is 21.6 Å².